The lowest BCUT2D eigenvalue weighted by molar-refractivity contribution is 0.0548. The highest BCUT2D eigenvalue weighted by atomic mass is 32.2. The number of aliphatic hydroxyl groups is 1. The SMILES string of the molecule is O=S(=O)(c1ccc2c(c1)CCO2)N1CC(O)C1. The van der Waals surface area contributed by atoms with Gasteiger partial charge in [0.05, 0.1) is 17.6 Å². The highest BCUT2D eigenvalue weighted by molar-refractivity contribution is 7.89. The summed E-state index contributed by atoms with van der Waals surface area (Å²) in [6.07, 6.45) is 0.226. The molecule has 0 spiro atoms. The van der Waals surface area contributed by atoms with E-state index < -0.39 is 16.1 Å². The first kappa shape index (κ1) is 11.0. The van der Waals surface area contributed by atoms with Crippen molar-refractivity contribution in [1.29, 1.82) is 0 Å². The lowest BCUT2D eigenvalue weighted by Gasteiger charge is -2.34. The maximum atomic E-state index is 12.1. The Morgan fingerprint density at radius 3 is 2.82 bits per heavy atom. The summed E-state index contributed by atoms with van der Waals surface area (Å²) in [4.78, 5) is 0.286. The average Bonchev–Trinajstić information content (AvgIpc) is 2.71. The van der Waals surface area contributed by atoms with Crippen molar-refractivity contribution in [1.82, 2.24) is 4.31 Å². The highest BCUT2D eigenvalue weighted by Gasteiger charge is 2.36. The summed E-state index contributed by atoms with van der Waals surface area (Å²) in [5.74, 6) is 0.771. The van der Waals surface area contributed by atoms with Crippen LogP contribution < -0.4 is 4.74 Å². The smallest absolute Gasteiger partial charge is 0.243 e. The molecule has 0 atom stereocenters. The Bertz CT molecular complexity index is 549. The number of aliphatic hydroxyl groups excluding tert-OH is 1. The first-order chi connectivity index (χ1) is 8.07. The van der Waals surface area contributed by atoms with E-state index in [0.29, 0.717) is 6.61 Å². The summed E-state index contributed by atoms with van der Waals surface area (Å²) in [6.45, 7) is 0.993. The van der Waals surface area contributed by atoms with Gasteiger partial charge < -0.3 is 9.84 Å². The van der Waals surface area contributed by atoms with E-state index in [1.165, 1.54) is 4.31 Å². The van der Waals surface area contributed by atoms with Gasteiger partial charge >= 0.3 is 0 Å². The summed E-state index contributed by atoms with van der Waals surface area (Å²) in [5, 5.41) is 9.16. The standard InChI is InChI=1S/C11H13NO4S/c13-9-6-12(7-9)17(14,15)10-1-2-11-8(5-10)3-4-16-11/h1-2,5,9,13H,3-4,6-7H2. The van der Waals surface area contributed by atoms with Crippen molar-refractivity contribution in [2.75, 3.05) is 19.7 Å². The quantitative estimate of drug-likeness (QED) is 0.807. The first-order valence-electron chi connectivity index (χ1n) is 5.51. The van der Waals surface area contributed by atoms with Gasteiger partial charge in [0.1, 0.15) is 5.75 Å². The van der Waals surface area contributed by atoms with Gasteiger partial charge in [-0.3, -0.25) is 0 Å². The molecule has 17 heavy (non-hydrogen) atoms. The van der Waals surface area contributed by atoms with Gasteiger partial charge in [-0.25, -0.2) is 8.42 Å². The van der Waals surface area contributed by atoms with Crippen LogP contribution in [0.4, 0.5) is 0 Å². The van der Waals surface area contributed by atoms with Crippen molar-refractivity contribution in [2.45, 2.75) is 17.4 Å². The lowest BCUT2D eigenvalue weighted by atomic mass is 10.2. The van der Waals surface area contributed by atoms with Gasteiger partial charge in [0.15, 0.2) is 0 Å². The molecule has 1 aromatic rings. The summed E-state index contributed by atoms with van der Waals surface area (Å²) >= 11 is 0. The van der Waals surface area contributed by atoms with E-state index in [1.807, 2.05) is 0 Å². The van der Waals surface area contributed by atoms with Crippen molar-refractivity contribution in [3.8, 4) is 5.75 Å². The number of β-amino-alcohol motifs (C(OH)–C–C–N with tert-alkyl or cyclic N) is 1. The Balaban J connectivity index is 1.94. The molecule has 0 bridgehead atoms. The molecular formula is C11H13NO4S. The number of ether oxygens (including phenoxy) is 1. The van der Waals surface area contributed by atoms with Gasteiger partial charge in [-0.2, -0.15) is 4.31 Å². The third kappa shape index (κ3) is 1.72. The zero-order valence-electron chi connectivity index (χ0n) is 9.17. The maximum absolute atomic E-state index is 12.1. The minimum atomic E-state index is -3.44. The third-order valence-electron chi connectivity index (χ3n) is 3.13. The van der Waals surface area contributed by atoms with E-state index in [9.17, 15) is 8.42 Å². The minimum Gasteiger partial charge on any atom is -0.493 e. The molecule has 2 aliphatic rings. The molecule has 0 radical (unpaired) electrons. The summed E-state index contributed by atoms with van der Waals surface area (Å²) < 4.78 is 30.9. The number of fused-ring (bicyclic) bond motifs is 1. The van der Waals surface area contributed by atoms with Crippen LogP contribution in [0, 0.1) is 0 Å². The monoisotopic (exact) mass is 255 g/mol. The van der Waals surface area contributed by atoms with Crippen LogP contribution in [0.1, 0.15) is 5.56 Å². The number of hydrogen-bond acceptors (Lipinski definition) is 4. The molecule has 2 aliphatic heterocycles. The Labute approximate surface area is 99.7 Å². The molecular weight excluding hydrogens is 242 g/mol. The number of sulfonamides is 1. The van der Waals surface area contributed by atoms with E-state index >= 15 is 0 Å². The van der Waals surface area contributed by atoms with Crippen molar-refractivity contribution >= 4 is 10.0 Å². The number of nitrogens with zero attached hydrogens (tertiary/aromatic N) is 1. The second-order valence-electron chi connectivity index (χ2n) is 4.34. The highest BCUT2D eigenvalue weighted by Crippen LogP contribution is 2.30. The second kappa shape index (κ2) is 3.69. The molecule has 5 nitrogen and oxygen atoms in total. The number of benzene rings is 1. The number of rotatable bonds is 2. The van der Waals surface area contributed by atoms with E-state index in [-0.39, 0.29) is 18.0 Å². The molecule has 6 heteroatoms. The number of hydrogen-bond donors (Lipinski definition) is 1. The van der Waals surface area contributed by atoms with Crippen molar-refractivity contribution in [3.05, 3.63) is 23.8 Å². The maximum Gasteiger partial charge on any atom is 0.243 e. The normalized spacial score (nSPS) is 20.8. The first-order valence-corrected chi connectivity index (χ1v) is 6.95. The zero-order chi connectivity index (χ0) is 12.0. The van der Waals surface area contributed by atoms with E-state index in [0.717, 1.165) is 17.7 Å². The second-order valence-corrected chi connectivity index (χ2v) is 6.28. The Morgan fingerprint density at radius 2 is 2.12 bits per heavy atom. The Kier molecular flexibility index (Phi) is 2.39. The molecule has 1 fully saturated rings. The fraction of sp³-hybridized carbons (Fsp3) is 0.455. The van der Waals surface area contributed by atoms with Gasteiger partial charge in [-0.15, -0.1) is 0 Å². The van der Waals surface area contributed by atoms with Crippen LogP contribution in [0.3, 0.4) is 0 Å². The van der Waals surface area contributed by atoms with Crippen molar-refractivity contribution in [3.63, 3.8) is 0 Å². The predicted molar refractivity (Wildman–Crippen MR) is 60.4 cm³/mol. The summed E-state index contributed by atoms with van der Waals surface area (Å²) in [7, 11) is -3.44. The molecule has 2 heterocycles. The van der Waals surface area contributed by atoms with Crippen LogP contribution in [0.5, 0.6) is 5.75 Å². The topological polar surface area (TPSA) is 66.8 Å². The third-order valence-corrected chi connectivity index (χ3v) is 4.96. The molecule has 0 unspecified atom stereocenters. The van der Waals surface area contributed by atoms with Crippen molar-refractivity contribution < 1.29 is 18.3 Å². The van der Waals surface area contributed by atoms with Gasteiger partial charge in [-0.1, -0.05) is 0 Å². The molecule has 3 rings (SSSR count). The summed E-state index contributed by atoms with van der Waals surface area (Å²) in [5.41, 5.74) is 0.937. The van der Waals surface area contributed by atoms with Gasteiger partial charge in [0.2, 0.25) is 10.0 Å². The van der Waals surface area contributed by atoms with Crippen LogP contribution in [0.2, 0.25) is 0 Å². The molecule has 92 valence electrons. The Morgan fingerprint density at radius 1 is 1.35 bits per heavy atom. The molecule has 1 saturated heterocycles. The molecule has 0 aliphatic carbocycles. The van der Waals surface area contributed by atoms with E-state index in [1.54, 1.807) is 18.2 Å². The lowest BCUT2D eigenvalue weighted by Crippen LogP contribution is -2.53. The largest absolute Gasteiger partial charge is 0.493 e. The zero-order valence-corrected chi connectivity index (χ0v) is 9.98. The fourth-order valence-corrected chi connectivity index (χ4v) is 3.65. The molecule has 0 aromatic heterocycles. The summed E-state index contributed by atoms with van der Waals surface area (Å²) in [6, 6.07) is 4.93. The van der Waals surface area contributed by atoms with Crippen LogP contribution in [0.15, 0.2) is 23.1 Å². The molecule has 0 saturated carbocycles. The molecule has 1 N–H and O–H groups in total. The molecule has 0 amide bonds. The van der Waals surface area contributed by atoms with E-state index in [4.69, 9.17) is 9.84 Å². The van der Waals surface area contributed by atoms with Gasteiger partial charge in [0.25, 0.3) is 0 Å². The fourth-order valence-electron chi connectivity index (χ4n) is 2.09. The van der Waals surface area contributed by atoms with Crippen LogP contribution in [0.25, 0.3) is 0 Å². The average molecular weight is 255 g/mol. The predicted octanol–water partition coefficient (Wildman–Crippen LogP) is -0.0133. The van der Waals surface area contributed by atoms with Crippen LogP contribution >= 0.6 is 0 Å². The Hall–Kier alpha value is -1.11. The van der Waals surface area contributed by atoms with Crippen LogP contribution in [-0.2, 0) is 16.4 Å². The van der Waals surface area contributed by atoms with Gasteiger partial charge in [-0.05, 0) is 23.8 Å². The molecule has 1 aromatic carbocycles. The van der Waals surface area contributed by atoms with E-state index in [2.05, 4.69) is 0 Å². The van der Waals surface area contributed by atoms with Crippen LogP contribution in [-0.4, -0.2) is 43.6 Å². The minimum absolute atomic E-state index is 0.190. The van der Waals surface area contributed by atoms with Gasteiger partial charge in [0, 0.05) is 19.5 Å². The van der Waals surface area contributed by atoms with Crippen molar-refractivity contribution in [2.24, 2.45) is 0 Å².